The van der Waals surface area contributed by atoms with E-state index in [1.54, 1.807) is 0 Å². The van der Waals surface area contributed by atoms with Crippen LogP contribution in [0.2, 0.25) is 12.6 Å². The molecule has 0 N–H and O–H groups in total. The van der Waals surface area contributed by atoms with Gasteiger partial charge in [-0.25, -0.2) is 0 Å². The third kappa shape index (κ3) is 4.22. The minimum absolute atomic E-state index is 0.786. The quantitative estimate of drug-likeness (QED) is 0.445. The van der Waals surface area contributed by atoms with E-state index >= 15 is 0 Å². The molecule has 0 bridgehead atoms. The van der Waals surface area contributed by atoms with Crippen molar-refractivity contribution in [1.29, 1.82) is 0 Å². The van der Waals surface area contributed by atoms with Crippen molar-refractivity contribution in [3.8, 4) is 0 Å². The zero-order valence-corrected chi connectivity index (χ0v) is 5.15. The molecule has 0 aliphatic carbocycles. The van der Waals surface area contributed by atoms with Crippen molar-refractivity contribution < 1.29 is 0 Å². The van der Waals surface area contributed by atoms with E-state index in [4.69, 9.17) is 0 Å². The third-order valence-corrected chi connectivity index (χ3v) is 1.73. The fourth-order valence-corrected chi connectivity index (χ4v) is 0.866. The minimum atomic E-state index is 0.786. The Morgan fingerprint density at radius 3 is 2.20 bits per heavy atom. The van der Waals surface area contributed by atoms with E-state index in [1.807, 2.05) is 0 Å². The molecule has 5 heavy (non-hydrogen) atoms. The Morgan fingerprint density at radius 1 is 1.60 bits per heavy atom. The summed E-state index contributed by atoms with van der Waals surface area (Å²) >= 11 is 0. The summed E-state index contributed by atoms with van der Waals surface area (Å²) in [6.07, 6.45) is 1.38. The van der Waals surface area contributed by atoms with Crippen molar-refractivity contribution in [2.45, 2.75) is 25.9 Å². The molecule has 31 valence electrons. The van der Waals surface area contributed by atoms with Gasteiger partial charge in [0.15, 0.2) is 0 Å². The second-order valence-corrected chi connectivity index (χ2v) is 2.59. The molecule has 0 nitrogen and oxygen atoms in total. The zero-order valence-electron chi connectivity index (χ0n) is 3.99. The van der Waals surface area contributed by atoms with E-state index in [9.17, 15) is 0 Å². The lowest BCUT2D eigenvalue weighted by atomic mass is 10.6. The van der Waals surface area contributed by atoms with Gasteiger partial charge in [0.1, 0.15) is 0 Å². The molecule has 0 atom stereocenters. The smallest absolute Gasteiger partial charge is 0.0246 e. The van der Waals surface area contributed by atoms with E-state index in [-0.39, 0.29) is 0 Å². The van der Waals surface area contributed by atoms with Crippen LogP contribution in [0.3, 0.4) is 0 Å². The Kier molecular flexibility index (Phi) is 4.40. The molecule has 1 radical (unpaired) electrons. The van der Waals surface area contributed by atoms with Crippen LogP contribution in [0.15, 0.2) is 0 Å². The fraction of sp³-hybridized carbons (Fsp3) is 1.00. The number of hydrogen-bond acceptors (Lipinski definition) is 0. The van der Waals surface area contributed by atoms with Gasteiger partial charge in [0.05, 0.1) is 0 Å². The molecular formula is C4H11Si. The summed E-state index contributed by atoms with van der Waals surface area (Å²) in [5, 5.41) is 0. The Labute approximate surface area is 36.4 Å². The van der Waals surface area contributed by atoms with Gasteiger partial charge in [-0.15, -0.1) is 0 Å². The molecule has 0 aliphatic rings. The first kappa shape index (κ1) is 5.22. The second-order valence-electron chi connectivity index (χ2n) is 1.20. The lowest BCUT2D eigenvalue weighted by molar-refractivity contribution is 1.07. The summed E-state index contributed by atoms with van der Waals surface area (Å²) in [5.74, 6) is 0. The van der Waals surface area contributed by atoms with Gasteiger partial charge in [-0.3, -0.25) is 0 Å². The lowest BCUT2D eigenvalue weighted by Gasteiger charge is -1.77. The highest BCUT2D eigenvalue weighted by atomic mass is 28.2. The van der Waals surface area contributed by atoms with E-state index < -0.39 is 0 Å². The van der Waals surface area contributed by atoms with E-state index in [0.29, 0.717) is 0 Å². The predicted molar refractivity (Wildman–Crippen MR) is 28.1 cm³/mol. The summed E-state index contributed by atoms with van der Waals surface area (Å²) in [4.78, 5) is 0. The first-order chi connectivity index (χ1) is 2.41. The molecule has 0 fully saturated rings. The van der Waals surface area contributed by atoms with Crippen molar-refractivity contribution in [2.75, 3.05) is 0 Å². The monoisotopic (exact) mass is 87.1 g/mol. The topological polar surface area (TPSA) is 0 Å². The summed E-state index contributed by atoms with van der Waals surface area (Å²) in [7, 11) is 0.786. The normalized spacial score (nSPS) is 8.40. The fourth-order valence-electron chi connectivity index (χ4n) is 0.289. The number of hydrogen-bond donors (Lipinski definition) is 0. The Bertz CT molecular complexity index is 11.1. The SMILES string of the molecule is CCC[SiH]C. The van der Waals surface area contributed by atoms with Crippen LogP contribution in [-0.2, 0) is 0 Å². The van der Waals surface area contributed by atoms with Crippen LogP contribution in [0.4, 0.5) is 0 Å². The van der Waals surface area contributed by atoms with Crippen molar-refractivity contribution in [3.63, 3.8) is 0 Å². The molecule has 0 rings (SSSR count). The van der Waals surface area contributed by atoms with Crippen molar-refractivity contribution in [1.82, 2.24) is 0 Å². The maximum atomic E-state index is 2.30. The Morgan fingerprint density at radius 2 is 2.20 bits per heavy atom. The average Bonchev–Trinajstić information content (AvgIpc) is 1.41. The van der Waals surface area contributed by atoms with Gasteiger partial charge >= 0.3 is 0 Å². The molecule has 0 unspecified atom stereocenters. The van der Waals surface area contributed by atoms with Crippen LogP contribution in [-0.4, -0.2) is 9.52 Å². The summed E-state index contributed by atoms with van der Waals surface area (Å²) in [6.45, 7) is 4.53. The van der Waals surface area contributed by atoms with Gasteiger partial charge in [0.25, 0.3) is 0 Å². The number of rotatable bonds is 2. The van der Waals surface area contributed by atoms with Crippen LogP contribution >= 0.6 is 0 Å². The van der Waals surface area contributed by atoms with Crippen LogP contribution in [0, 0.1) is 0 Å². The first-order valence-corrected chi connectivity index (χ1v) is 4.16. The second kappa shape index (κ2) is 4.22. The third-order valence-electron chi connectivity index (χ3n) is 0.577. The van der Waals surface area contributed by atoms with Crippen LogP contribution < -0.4 is 0 Å². The summed E-state index contributed by atoms with van der Waals surface area (Å²) < 4.78 is 0. The highest BCUT2D eigenvalue weighted by Crippen LogP contribution is 1.81. The molecule has 0 saturated heterocycles. The highest BCUT2D eigenvalue weighted by Gasteiger charge is 1.69. The molecule has 0 saturated carbocycles. The molecule has 0 spiro atoms. The van der Waals surface area contributed by atoms with Gasteiger partial charge in [-0.1, -0.05) is 25.9 Å². The van der Waals surface area contributed by atoms with Gasteiger partial charge in [-0.2, -0.15) is 0 Å². The summed E-state index contributed by atoms with van der Waals surface area (Å²) in [5.41, 5.74) is 0. The maximum Gasteiger partial charge on any atom is 0.0246 e. The Hall–Kier alpha value is 0.217. The standard InChI is InChI=1S/C4H11Si/c1-3-4-5-2/h5H,3-4H2,1-2H3. The van der Waals surface area contributed by atoms with E-state index in [0.717, 1.165) is 9.52 Å². The molecule has 0 aromatic rings. The Balaban J connectivity index is 2.19. The van der Waals surface area contributed by atoms with Gasteiger partial charge < -0.3 is 0 Å². The van der Waals surface area contributed by atoms with Gasteiger partial charge in [0.2, 0.25) is 0 Å². The highest BCUT2D eigenvalue weighted by molar-refractivity contribution is 6.33. The molecular weight excluding hydrogens is 76.1 g/mol. The van der Waals surface area contributed by atoms with Crippen LogP contribution in [0.1, 0.15) is 13.3 Å². The maximum absolute atomic E-state index is 2.30. The van der Waals surface area contributed by atoms with E-state index in [1.165, 1.54) is 12.5 Å². The van der Waals surface area contributed by atoms with Crippen LogP contribution in [0.5, 0.6) is 0 Å². The molecule has 0 heterocycles. The molecule has 0 aromatic heterocycles. The predicted octanol–water partition coefficient (Wildman–Crippen LogP) is 1.30. The molecule has 0 aromatic carbocycles. The van der Waals surface area contributed by atoms with Gasteiger partial charge in [0, 0.05) is 9.52 Å². The van der Waals surface area contributed by atoms with Crippen LogP contribution in [0.25, 0.3) is 0 Å². The molecule has 0 aliphatic heterocycles. The van der Waals surface area contributed by atoms with Gasteiger partial charge in [-0.05, 0) is 0 Å². The molecule has 1 heteroatoms. The zero-order chi connectivity index (χ0) is 4.12. The van der Waals surface area contributed by atoms with Crippen molar-refractivity contribution in [3.05, 3.63) is 0 Å². The largest absolute Gasteiger partial charge is 0.0741 e. The van der Waals surface area contributed by atoms with Crippen molar-refractivity contribution in [2.24, 2.45) is 0 Å². The minimum Gasteiger partial charge on any atom is -0.0741 e. The molecule has 0 amide bonds. The van der Waals surface area contributed by atoms with E-state index in [2.05, 4.69) is 13.5 Å². The first-order valence-electron chi connectivity index (χ1n) is 2.19. The van der Waals surface area contributed by atoms with Crippen molar-refractivity contribution >= 4 is 9.52 Å². The lowest BCUT2D eigenvalue weighted by Crippen LogP contribution is -1.73. The summed E-state index contributed by atoms with van der Waals surface area (Å²) in [6, 6.07) is 1.47. The average molecular weight is 87.2 g/mol.